The van der Waals surface area contributed by atoms with Gasteiger partial charge in [0.15, 0.2) is 0 Å². The van der Waals surface area contributed by atoms with Crippen molar-refractivity contribution < 1.29 is 0 Å². The molecule has 0 aromatic heterocycles. The first-order valence-electron chi connectivity index (χ1n) is 3.39. The van der Waals surface area contributed by atoms with E-state index in [2.05, 4.69) is 53.8 Å². The van der Waals surface area contributed by atoms with Gasteiger partial charge in [0.2, 0.25) is 0 Å². The maximum Gasteiger partial charge on any atom is 0.0386 e. The summed E-state index contributed by atoms with van der Waals surface area (Å²) in [5, 5.41) is 1.01. The standard InChI is InChI=1S/C6H12Br3P/c1-2-3-4-6(5-7)10(8)9/h6H,2-5H2,1H3. The molecule has 0 aliphatic heterocycles. The lowest BCUT2D eigenvalue weighted by atomic mass is 10.2. The Morgan fingerprint density at radius 2 is 2.00 bits per heavy atom. The van der Waals surface area contributed by atoms with E-state index in [1.807, 2.05) is 0 Å². The second kappa shape index (κ2) is 7.52. The Morgan fingerprint density at radius 1 is 1.40 bits per heavy atom. The van der Waals surface area contributed by atoms with Crippen LogP contribution in [-0.4, -0.2) is 11.0 Å². The molecule has 0 nitrogen and oxygen atoms in total. The van der Waals surface area contributed by atoms with Gasteiger partial charge in [0.1, 0.15) is 0 Å². The third kappa shape index (κ3) is 5.51. The third-order valence-corrected chi connectivity index (χ3v) is 7.09. The van der Waals surface area contributed by atoms with Crippen LogP contribution in [-0.2, 0) is 0 Å². The number of hydrogen-bond acceptors (Lipinski definition) is 0. The molecule has 0 N–H and O–H groups in total. The third-order valence-electron chi connectivity index (χ3n) is 1.35. The van der Waals surface area contributed by atoms with Gasteiger partial charge >= 0.3 is 0 Å². The molecule has 10 heavy (non-hydrogen) atoms. The van der Waals surface area contributed by atoms with Gasteiger partial charge in [-0.25, -0.2) is 0 Å². The highest BCUT2D eigenvalue weighted by molar-refractivity contribution is 9.69. The van der Waals surface area contributed by atoms with Crippen molar-refractivity contribution in [2.45, 2.75) is 31.8 Å². The second-order valence-electron chi connectivity index (χ2n) is 2.21. The van der Waals surface area contributed by atoms with E-state index in [-0.39, 0.29) is 5.33 Å². The summed E-state index contributed by atoms with van der Waals surface area (Å²) < 4.78 is 0. The zero-order valence-corrected chi connectivity index (χ0v) is 11.6. The highest BCUT2D eigenvalue weighted by atomic mass is 79.9. The fraction of sp³-hybridized carbons (Fsp3) is 1.00. The summed E-state index contributed by atoms with van der Waals surface area (Å²) in [6.45, 7) is 2.23. The van der Waals surface area contributed by atoms with Gasteiger partial charge in [-0.3, -0.25) is 0 Å². The van der Waals surface area contributed by atoms with E-state index in [0.29, 0.717) is 0 Å². The molecule has 4 heteroatoms. The van der Waals surface area contributed by atoms with Crippen LogP contribution in [0.15, 0.2) is 0 Å². The van der Waals surface area contributed by atoms with E-state index in [1.54, 1.807) is 0 Å². The summed E-state index contributed by atoms with van der Waals surface area (Å²) >= 11 is 10.7. The highest BCUT2D eigenvalue weighted by Gasteiger charge is 2.13. The van der Waals surface area contributed by atoms with Crippen LogP contribution in [0.1, 0.15) is 26.2 Å². The molecule has 0 radical (unpaired) electrons. The van der Waals surface area contributed by atoms with E-state index in [9.17, 15) is 0 Å². The Morgan fingerprint density at radius 3 is 2.30 bits per heavy atom. The Balaban J connectivity index is 3.40. The van der Waals surface area contributed by atoms with Crippen molar-refractivity contribution in [3.05, 3.63) is 0 Å². The van der Waals surface area contributed by atoms with E-state index in [1.165, 1.54) is 19.3 Å². The van der Waals surface area contributed by atoms with Gasteiger partial charge < -0.3 is 0 Å². The lowest BCUT2D eigenvalue weighted by Crippen LogP contribution is -2.01. The van der Waals surface area contributed by atoms with Crippen molar-refractivity contribution in [1.82, 2.24) is 0 Å². The van der Waals surface area contributed by atoms with Gasteiger partial charge in [-0.05, 0) is 37.4 Å². The molecule has 0 amide bonds. The molecule has 62 valence electrons. The summed E-state index contributed by atoms with van der Waals surface area (Å²) in [7, 11) is 0. The van der Waals surface area contributed by atoms with Crippen molar-refractivity contribution in [3.63, 3.8) is 0 Å². The van der Waals surface area contributed by atoms with Gasteiger partial charge in [-0.2, -0.15) is 0 Å². The van der Waals surface area contributed by atoms with Gasteiger partial charge in [-0.1, -0.05) is 35.7 Å². The number of alkyl halides is 1. The molecule has 0 aliphatic rings. The summed E-state index contributed by atoms with van der Waals surface area (Å²) in [5.74, 6) is 0. The van der Waals surface area contributed by atoms with Crippen LogP contribution < -0.4 is 0 Å². The van der Waals surface area contributed by atoms with Gasteiger partial charge in [0.25, 0.3) is 0 Å². The van der Waals surface area contributed by atoms with Crippen LogP contribution in [0.5, 0.6) is 0 Å². The van der Waals surface area contributed by atoms with Crippen LogP contribution in [0.2, 0.25) is 0 Å². The molecule has 0 bridgehead atoms. The quantitative estimate of drug-likeness (QED) is 0.479. The Bertz CT molecular complexity index is 77.4. The van der Waals surface area contributed by atoms with Crippen LogP contribution in [0.25, 0.3) is 0 Å². The van der Waals surface area contributed by atoms with Crippen molar-refractivity contribution in [3.8, 4) is 0 Å². The molecular weight excluding hydrogens is 343 g/mol. The average Bonchev–Trinajstić information content (AvgIpc) is 1.89. The minimum Gasteiger partial charge on any atom is -0.0921 e. The van der Waals surface area contributed by atoms with Gasteiger partial charge in [0.05, 0.1) is 0 Å². The molecule has 0 saturated carbocycles. The molecule has 0 aromatic carbocycles. The highest BCUT2D eigenvalue weighted by Crippen LogP contribution is 2.58. The lowest BCUT2D eigenvalue weighted by Gasteiger charge is -2.13. The first kappa shape index (κ1) is 11.9. The summed E-state index contributed by atoms with van der Waals surface area (Å²) in [5.41, 5.74) is 0.787. The topological polar surface area (TPSA) is 0 Å². The molecule has 0 fully saturated rings. The van der Waals surface area contributed by atoms with Crippen LogP contribution in [0, 0.1) is 0 Å². The fourth-order valence-corrected chi connectivity index (χ4v) is 6.77. The Kier molecular flexibility index (Phi) is 8.92. The molecule has 0 spiro atoms. The second-order valence-corrected chi connectivity index (χ2v) is 11.5. The number of hydrogen-bond donors (Lipinski definition) is 0. The Labute approximate surface area is 88.9 Å². The normalized spacial score (nSPS) is 14.1. The van der Waals surface area contributed by atoms with E-state index < -0.39 is 0 Å². The van der Waals surface area contributed by atoms with Crippen molar-refractivity contribution >= 4 is 52.2 Å². The maximum atomic E-state index is 3.58. The number of halogens is 3. The predicted octanol–water partition coefficient (Wildman–Crippen LogP) is 5.04. The summed E-state index contributed by atoms with van der Waals surface area (Å²) in [6.07, 6.45) is 3.96. The van der Waals surface area contributed by atoms with E-state index in [0.717, 1.165) is 11.0 Å². The van der Waals surface area contributed by atoms with E-state index >= 15 is 0 Å². The first-order valence-corrected chi connectivity index (χ1v) is 9.96. The lowest BCUT2D eigenvalue weighted by molar-refractivity contribution is 0.718. The first-order chi connectivity index (χ1) is 4.72. The van der Waals surface area contributed by atoms with Crippen LogP contribution in [0.3, 0.4) is 0 Å². The molecule has 0 saturated heterocycles. The van der Waals surface area contributed by atoms with E-state index in [4.69, 9.17) is 0 Å². The summed E-state index contributed by atoms with van der Waals surface area (Å²) in [6, 6.07) is 0. The molecule has 0 aromatic rings. The van der Waals surface area contributed by atoms with Crippen molar-refractivity contribution in [2.24, 2.45) is 0 Å². The van der Waals surface area contributed by atoms with Crippen molar-refractivity contribution in [2.75, 3.05) is 5.33 Å². The van der Waals surface area contributed by atoms with Crippen LogP contribution in [0.4, 0.5) is 0 Å². The minimum atomic E-state index is -0.0975. The molecular formula is C6H12Br3P. The molecule has 1 atom stereocenters. The Hall–Kier alpha value is 1.87. The number of rotatable bonds is 5. The summed E-state index contributed by atoms with van der Waals surface area (Å²) in [4.78, 5) is 0. The zero-order chi connectivity index (χ0) is 7.98. The molecule has 1 unspecified atom stereocenters. The van der Waals surface area contributed by atoms with Crippen LogP contribution >= 0.6 is 52.2 Å². The smallest absolute Gasteiger partial charge is 0.0386 e. The average molecular weight is 355 g/mol. The predicted molar refractivity (Wildman–Crippen MR) is 61.9 cm³/mol. The molecule has 0 heterocycles. The zero-order valence-electron chi connectivity index (χ0n) is 5.99. The van der Waals surface area contributed by atoms with Gasteiger partial charge in [0, 0.05) is 16.3 Å². The SMILES string of the molecule is CCCCC(CBr)P(Br)Br. The van der Waals surface area contributed by atoms with Crippen molar-refractivity contribution in [1.29, 1.82) is 0 Å². The maximum absolute atomic E-state index is 3.58. The fourth-order valence-electron chi connectivity index (χ4n) is 0.667. The minimum absolute atomic E-state index is 0.0975. The molecule has 0 aliphatic carbocycles. The molecule has 0 rings (SSSR count). The monoisotopic (exact) mass is 352 g/mol. The number of unbranched alkanes of at least 4 members (excludes halogenated alkanes) is 1. The largest absolute Gasteiger partial charge is 0.0921 e. The van der Waals surface area contributed by atoms with Gasteiger partial charge in [-0.15, -0.1) is 0 Å².